The van der Waals surface area contributed by atoms with Crippen molar-refractivity contribution in [3.8, 4) is 0 Å². The van der Waals surface area contributed by atoms with Crippen LogP contribution in [-0.2, 0) is 17.6 Å². The van der Waals surface area contributed by atoms with Crippen molar-refractivity contribution in [2.75, 3.05) is 0 Å². The van der Waals surface area contributed by atoms with Gasteiger partial charge in [0.2, 0.25) is 0 Å². The number of unbranched alkanes of at least 4 members (excludes halogenated alkanes) is 5. The van der Waals surface area contributed by atoms with Gasteiger partial charge in [0.25, 0.3) is 0 Å². The van der Waals surface area contributed by atoms with Crippen LogP contribution in [0.15, 0.2) is 18.3 Å². The minimum Gasteiger partial charge on any atom is -0.480 e. The molecule has 3 unspecified atom stereocenters. The molecule has 142 valence electrons. The molecule has 0 aliphatic rings. The van der Waals surface area contributed by atoms with Crippen LogP contribution >= 0.6 is 0 Å². The molecule has 0 fully saturated rings. The number of aliphatic hydroxyl groups is 2. The Morgan fingerprint density at radius 3 is 2.40 bits per heavy atom. The van der Waals surface area contributed by atoms with Crippen LogP contribution < -0.4 is 5.73 Å². The van der Waals surface area contributed by atoms with Crippen LogP contribution in [0.25, 0.3) is 0 Å². The van der Waals surface area contributed by atoms with E-state index < -0.39 is 24.2 Å². The van der Waals surface area contributed by atoms with Crippen molar-refractivity contribution >= 4 is 5.97 Å². The third-order valence-corrected chi connectivity index (χ3v) is 4.45. The van der Waals surface area contributed by atoms with Gasteiger partial charge in [-0.05, 0) is 37.3 Å². The number of carboxylic acids is 1. The average molecular weight is 352 g/mol. The third-order valence-electron chi connectivity index (χ3n) is 4.45. The number of pyridine rings is 1. The predicted octanol–water partition coefficient (Wildman–Crippen LogP) is 2.05. The standard InChI is InChI=1S/C19H32N2O4/c1-2-3-4-5-6-7-8-15-11-9-14(13-21-15)10-12-16(22)18(23)17(20)19(24)25/h9,11,13,16-18,22-23H,2-8,10,12,20H2,1H3,(H,24,25). The summed E-state index contributed by atoms with van der Waals surface area (Å²) >= 11 is 0. The topological polar surface area (TPSA) is 117 Å². The van der Waals surface area contributed by atoms with Crippen molar-refractivity contribution in [2.24, 2.45) is 5.73 Å². The normalized spacial score (nSPS) is 14.9. The smallest absolute Gasteiger partial charge is 0.323 e. The number of carboxylic acid groups (broad SMARTS) is 1. The molecule has 6 nitrogen and oxygen atoms in total. The van der Waals surface area contributed by atoms with E-state index in [9.17, 15) is 15.0 Å². The fourth-order valence-corrected chi connectivity index (χ4v) is 2.71. The maximum absolute atomic E-state index is 10.7. The lowest BCUT2D eigenvalue weighted by Crippen LogP contribution is -2.48. The van der Waals surface area contributed by atoms with Crippen molar-refractivity contribution in [1.29, 1.82) is 0 Å². The van der Waals surface area contributed by atoms with Gasteiger partial charge in [-0.2, -0.15) is 0 Å². The van der Waals surface area contributed by atoms with Gasteiger partial charge in [0.1, 0.15) is 12.1 Å². The molecule has 0 bridgehead atoms. The van der Waals surface area contributed by atoms with E-state index >= 15 is 0 Å². The number of aromatic nitrogens is 1. The minimum absolute atomic E-state index is 0.237. The number of aryl methyl sites for hydroxylation is 2. The van der Waals surface area contributed by atoms with Gasteiger partial charge in [0.15, 0.2) is 0 Å². The highest BCUT2D eigenvalue weighted by molar-refractivity contribution is 5.73. The SMILES string of the molecule is CCCCCCCCc1ccc(CCC(O)C(O)C(N)C(=O)O)cn1. The number of hydrogen-bond donors (Lipinski definition) is 4. The first-order chi connectivity index (χ1) is 12.0. The molecule has 6 heteroatoms. The summed E-state index contributed by atoms with van der Waals surface area (Å²) < 4.78 is 0. The molecule has 0 radical (unpaired) electrons. The first-order valence-corrected chi connectivity index (χ1v) is 9.24. The second-order valence-electron chi connectivity index (χ2n) is 6.64. The molecule has 0 spiro atoms. The average Bonchev–Trinajstić information content (AvgIpc) is 2.62. The molecular formula is C19H32N2O4. The summed E-state index contributed by atoms with van der Waals surface area (Å²) in [6, 6.07) is 2.48. The van der Waals surface area contributed by atoms with Crippen LogP contribution in [0.2, 0.25) is 0 Å². The Balaban J connectivity index is 2.30. The molecule has 0 aliphatic heterocycles. The number of nitrogens with two attached hydrogens (primary N) is 1. The third kappa shape index (κ3) is 8.43. The van der Waals surface area contributed by atoms with Crippen LogP contribution in [-0.4, -0.2) is 44.5 Å². The molecule has 1 aromatic rings. The van der Waals surface area contributed by atoms with Gasteiger partial charge in [0, 0.05) is 11.9 Å². The highest BCUT2D eigenvalue weighted by atomic mass is 16.4. The molecule has 0 aromatic carbocycles. The predicted molar refractivity (Wildman–Crippen MR) is 97.3 cm³/mol. The number of carbonyl (C=O) groups is 1. The van der Waals surface area contributed by atoms with Gasteiger partial charge in [-0.15, -0.1) is 0 Å². The highest BCUT2D eigenvalue weighted by Crippen LogP contribution is 2.12. The summed E-state index contributed by atoms with van der Waals surface area (Å²) in [6.07, 6.45) is 8.39. The van der Waals surface area contributed by atoms with Crippen molar-refractivity contribution < 1.29 is 20.1 Å². The first kappa shape index (κ1) is 21.5. The summed E-state index contributed by atoms with van der Waals surface area (Å²) in [5, 5.41) is 28.3. The number of hydrogen-bond acceptors (Lipinski definition) is 5. The molecule has 3 atom stereocenters. The van der Waals surface area contributed by atoms with E-state index in [1.54, 1.807) is 6.20 Å². The lowest BCUT2D eigenvalue weighted by molar-refractivity contribution is -0.143. The lowest BCUT2D eigenvalue weighted by Gasteiger charge is -2.20. The fraction of sp³-hybridized carbons (Fsp3) is 0.684. The Morgan fingerprint density at radius 2 is 1.80 bits per heavy atom. The van der Waals surface area contributed by atoms with Crippen LogP contribution in [0.3, 0.4) is 0 Å². The van der Waals surface area contributed by atoms with Gasteiger partial charge < -0.3 is 21.1 Å². The van der Waals surface area contributed by atoms with E-state index in [-0.39, 0.29) is 6.42 Å². The summed E-state index contributed by atoms with van der Waals surface area (Å²) in [5.74, 6) is -1.33. The molecule has 1 rings (SSSR count). The zero-order valence-corrected chi connectivity index (χ0v) is 15.1. The van der Waals surface area contributed by atoms with Crippen molar-refractivity contribution in [2.45, 2.75) is 83.0 Å². The Morgan fingerprint density at radius 1 is 1.12 bits per heavy atom. The van der Waals surface area contributed by atoms with Crippen molar-refractivity contribution in [3.05, 3.63) is 29.6 Å². The molecule has 0 saturated carbocycles. The maximum Gasteiger partial charge on any atom is 0.323 e. The van der Waals surface area contributed by atoms with Gasteiger partial charge in [-0.25, -0.2) is 0 Å². The molecule has 0 saturated heterocycles. The second kappa shape index (κ2) is 12.0. The zero-order valence-electron chi connectivity index (χ0n) is 15.1. The molecule has 1 heterocycles. The number of rotatable bonds is 13. The van der Waals surface area contributed by atoms with E-state index in [0.717, 1.165) is 24.1 Å². The maximum atomic E-state index is 10.7. The van der Waals surface area contributed by atoms with Gasteiger partial charge in [-0.3, -0.25) is 9.78 Å². The second-order valence-corrected chi connectivity index (χ2v) is 6.64. The Labute approximate surface area is 150 Å². The van der Waals surface area contributed by atoms with E-state index in [1.165, 1.54) is 32.1 Å². The quantitative estimate of drug-likeness (QED) is 0.404. The zero-order chi connectivity index (χ0) is 18.7. The Hall–Kier alpha value is -1.50. The minimum atomic E-state index is -1.48. The largest absolute Gasteiger partial charge is 0.480 e. The Bertz CT molecular complexity index is 493. The summed E-state index contributed by atoms with van der Waals surface area (Å²) in [4.78, 5) is 15.1. The van der Waals surface area contributed by atoms with E-state index in [1.807, 2.05) is 12.1 Å². The monoisotopic (exact) mass is 352 g/mol. The van der Waals surface area contributed by atoms with Crippen molar-refractivity contribution in [3.63, 3.8) is 0 Å². The molecule has 0 amide bonds. The van der Waals surface area contributed by atoms with Crippen LogP contribution in [0.4, 0.5) is 0 Å². The molecular weight excluding hydrogens is 320 g/mol. The molecule has 0 aliphatic carbocycles. The molecule has 25 heavy (non-hydrogen) atoms. The Kier molecular flexibility index (Phi) is 10.3. The first-order valence-electron chi connectivity index (χ1n) is 9.24. The van der Waals surface area contributed by atoms with Gasteiger partial charge in [-0.1, -0.05) is 45.1 Å². The van der Waals surface area contributed by atoms with Crippen LogP contribution in [0, 0.1) is 0 Å². The van der Waals surface area contributed by atoms with Gasteiger partial charge >= 0.3 is 5.97 Å². The fourth-order valence-electron chi connectivity index (χ4n) is 2.71. The van der Waals surface area contributed by atoms with E-state index in [2.05, 4.69) is 11.9 Å². The number of aliphatic hydroxyl groups excluding tert-OH is 2. The molecule has 1 aromatic heterocycles. The van der Waals surface area contributed by atoms with Crippen LogP contribution in [0.1, 0.15) is 63.1 Å². The van der Waals surface area contributed by atoms with Gasteiger partial charge in [0.05, 0.1) is 6.10 Å². The van der Waals surface area contributed by atoms with E-state index in [0.29, 0.717) is 6.42 Å². The van der Waals surface area contributed by atoms with E-state index in [4.69, 9.17) is 10.8 Å². The lowest BCUT2D eigenvalue weighted by atomic mass is 10.00. The summed E-state index contributed by atoms with van der Waals surface area (Å²) in [6.45, 7) is 2.21. The summed E-state index contributed by atoms with van der Waals surface area (Å²) in [7, 11) is 0. The van der Waals surface area contributed by atoms with Crippen LogP contribution in [0.5, 0.6) is 0 Å². The number of aliphatic carboxylic acids is 1. The molecule has 5 N–H and O–H groups in total. The number of nitrogens with zero attached hydrogens (tertiary/aromatic N) is 1. The highest BCUT2D eigenvalue weighted by Gasteiger charge is 2.28. The summed E-state index contributed by atoms with van der Waals surface area (Å²) in [5.41, 5.74) is 7.32. The van der Waals surface area contributed by atoms with Crippen molar-refractivity contribution in [1.82, 2.24) is 4.98 Å².